The zero-order valence-corrected chi connectivity index (χ0v) is 14.7. The lowest BCUT2D eigenvalue weighted by atomic mass is 10.2. The van der Waals surface area contributed by atoms with Crippen LogP contribution in [-0.4, -0.2) is 20.9 Å². The van der Waals surface area contributed by atoms with Crippen LogP contribution < -0.4 is 4.74 Å². The number of carbonyl (C=O) groups excluding carboxylic acids is 1. The van der Waals surface area contributed by atoms with Crippen molar-refractivity contribution in [3.63, 3.8) is 0 Å². The summed E-state index contributed by atoms with van der Waals surface area (Å²) in [6.07, 6.45) is -2.35. The minimum absolute atomic E-state index is 0.0163. The third-order valence-corrected chi connectivity index (χ3v) is 3.63. The lowest BCUT2D eigenvalue weighted by molar-refractivity contribution is -0.141. The molecule has 1 aromatic carbocycles. The van der Waals surface area contributed by atoms with Gasteiger partial charge in [-0.1, -0.05) is 17.7 Å². The van der Waals surface area contributed by atoms with Gasteiger partial charge in [-0.05, 0) is 30.3 Å². The van der Waals surface area contributed by atoms with Gasteiger partial charge in [-0.3, -0.25) is 0 Å². The predicted molar refractivity (Wildman–Crippen MR) is 91.9 cm³/mol. The third-order valence-electron chi connectivity index (χ3n) is 3.40. The maximum atomic E-state index is 12.7. The minimum Gasteiger partial charge on any atom is -0.457 e. The number of alkyl halides is 3. The second-order valence-electron chi connectivity index (χ2n) is 5.43. The number of aromatic nitrogens is 3. The molecule has 6 nitrogen and oxygen atoms in total. The van der Waals surface area contributed by atoms with E-state index in [1.165, 1.54) is 30.5 Å². The van der Waals surface area contributed by atoms with Gasteiger partial charge < -0.3 is 9.47 Å². The Morgan fingerprint density at radius 1 is 1.04 bits per heavy atom. The highest BCUT2D eigenvalue weighted by Crippen LogP contribution is 2.30. The van der Waals surface area contributed by atoms with Crippen LogP contribution in [0.2, 0.25) is 5.15 Å². The van der Waals surface area contributed by atoms with Crippen molar-refractivity contribution in [2.75, 3.05) is 0 Å². The van der Waals surface area contributed by atoms with Crippen LogP contribution in [0.5, 0.6) is 11.6 Å². The molecule has 0 aliphatic heterocycles. The highest BCUT2D eigenvalue weighted by atomic mass is 35.5. The molecule has 0 saturated carbocycles. The van der Waals surface area contributed by atoms with Crippen molar-refractivity contribution in [1.29, 1.82) is 0 Å². The van der Waals surface area contributed by atoms with Crippen molar-refractivity contribution >= 4 is 17.6 Å². The number of halogens is 4. The van der Waals surface area contributed by atoms with Crippen molar-refractivity contribution in [3.05, 3.63) is 77.0 Å². The molecule has 28 heavy (non-hydrogen) atoms. The predicted octanol–water partition coefficient (Wildman–Crippen LogP) is 4.69. The average Bonchev–Trinajstić information content (AvgIpc) is 2.67. The number of benzene rings is 1. The van der Waals surface area contributed by atoms with Gasteiger partial charge in [-0.25, -0.2) is 19.7 Å². The van der Waals surface area contributed by atoms with Crippen LogP contribution in [0.3, 0.4) is 0 Å². The Labute approximate surface area is 161 Å². The van der Waals surface area contributed by atoms with Crippen molar-refractivity contribution in [3.8, 4) is 11.6 Å². The molecule has 3 aromatic rings. The van der Waals surface area contributed by atoms with Gasteiger partial charge in [0.25, 0.3) is 0 Å². The molecule has 0 aliphatic rings. The number of esters is 1. The number of pyridine rings is 1. The number of nitrogens with zero attached hydrogens (tertiary/aromatic N) is 3. The largest absolute Gasteiger partial charge is 0.457 e. The molecule has 3 rings (SSSR count). The monoisotopic (exact) mass is 409 g/mol. The van der Waals surface area contributed by atoms with Crippen LogP contribution >= 0.6 is 11.6 Å². The van der Waals surface area contributed by atoms with Gasteiger partial charge >= 0.3 is 12.1 Å². The molecule has 2 aromatic heterocycles. The number of hydrogen-bond acceptors (Lipinski definition) is 6. The molecule has 0 bridgehead atoms. The Morgan fingerprint density at radius 2 is 1.79 bits per heavy atom. The summed E-state index contributed by atoms with van der Waals surface area (Å²) in [5, 5.41) is 0.330. The summed E-state index contributed by atoms with van der Waals surface area (Å²) >= 11 is 5.68. The van der Waals surface area contributed by atoms with E-state index in [1.54, 1.807) is 12.1 Å². The topological polar surface area (TPSA) is 74.2 Å². The molecule has 0 spiro atoms. The van der Waals surface area contributed by atoms with Gasteiger partial charge in [0, 0.05) is 17.8 Å². The van der Waals surface area contributed by atoms with Crippen LogP contribution in [0.1, 0.15) is 21.6 Å². The standard InChI is InChI=1S/C18H11ClF3N3O3/c19-15-6-1-11(8-23-15)9-27-17(26)12-2-4-13(5-3-12)28-16-7-14(18(20,21)22)24-10-25-16/h1-8,10H,9H2. The van der Waals surface area contributed by atoms with Gasteiger partial charge in [0.15, 0.2) is 5.69 Å². The molecular formula is C18H11ClF3N3O3. The van der Waals surface area contributed by atoms with E-state index in [4.69, 9.17) is 21.1 Å². The molecule has 0 amide bonds. The number of ether oxygens (including phenoxy) is 2. The molecule has 0 N–H and O–H groups in total. The molecule has 0 fully saturated rings. The molecule has 0 radical (unpaired) electrons. The summed E-state index contributed by atoms with van der Waals surface area (Å²) in [5.41, 5.74) is -0.204. The highest BCUT2D eigenvalue weighted by Gasteiger charge is 2.33. The SMILES string of the molecule is O=C(OCc1ccc(Cl)nc1)c1ccc(Oc2cc(C(F)(F)F)ncn2)cc1. The first-order valence-corrected chi connectivity index (χ1v) is 8.14. The Hall–Kier alpha value is -3.20. The third kappa shape index (κ3) is 5.17. The highest BCUT2D eigenvalue weighted by molar-refractivity contribution is 6.29. The summed E-state index contributed by atoms with van der Waals surface area (Å²) in [4.78, 5) is 22.7. The number of rotatable bonds is 5. The molecule has 0 atom stereocenters. The Morgan fingerprint density at radius 3 is 2.43 bits per heavy atom. The number of carbonyl (C=O) groups is 1. The molecular weight excluding hydrogens is 399 g/mol. The first kappa shape index (κ1) is 19.6. The van der Waals surface area contributed by atoms with Crippen LogP contribution in [0.25, 0.3) is 0 Å². The van der Waals surface area contributed by atoms with Crippen molar-refractivity contribution < 1.29 is 27.4 Å². The lowest BCUT2D eigenvalue weighted by Gasteiger charge is -2.09. The molecule has 10 heteroatoms. The Bertz CT molecular complexity index is 964. The maximum absolute atomic E-state index is 12.7. The molecule has 0 saturated heterocycles. The van der Waals surface area contributed by atoms with Gasteiger partial charge in [-0.2, -0.15) is 13.2 Å². The molecule has 0 unspecified atom stereocenters. The molecule has 2 heterocycles. The van der Waals surface area contributed by atoms with Crippen molar-refractivity contribution in [2.45, 2.75) is 12.8 Å². The van der Waals surface area contributed by atoms with E-state index >= 15 is 0 Å². The lowest BCUT2D eigenvalue weighted by Crippen LogP contribution is -2.08. The van der Waals surface area contributed by atoms with Crippen LogP contribution in [0.15, 0.2) is 55.0 Å². The second-order valence-corrected chi connectivity index (χ2v) is 5.82. The quantitative estimate of drug-likeness (QED) is 0.449. The van der Waals surface area contributed by atoms with E-state index in [0.717, 1.165) is 6.33 Å². The van der Waals surface area contributed by atoms with Crippen molar-refractivity contribution in [2.24, 2.45) is 0 Å². The summed E-state index contributed by atoms with van der Waals surface area (Å²) in [6.45, 7) is 0.0163. The number of hydrogen-bond donors (Lipinski definition) is 0. The Balaban J connectivity index is 1.61. The first-order valence-electron chi connectivity index (χ1n) is 7.76. The van der Waals surface area contributed by atoms with Gasteiger partial charge in [0.1, 0.15) is 23.8 Å². The van der Waals surface area contributed by atoms with E-state index in [0.29, 0.717) is 16.8 Å². The van der Waals surface area contributed by atoms with Gasteiger partial charge in [-0.15, -0.1) is 0 Å². The Kier molecular flexibility index (Phi) is 5.74. The van der Waals surface area contributed by atoms with E-state index in [1.807, 2.05) is 0 Å². The maximum Gasteiger partial charge on any atom is 0.433 e. The van der Waals surface area contributed by atoms with Crippen molar-refractivity contribution in [1.82, 2.24) is 15.0 Å². The van der Waals surface area contributed by atoms with E-state index in [2.05, 4.69) is 15.0 Å². The minimum atomic E-state index is -4.60. The van der Waals surface area contributed by atoms with E-state index in [9.17, 15) is 18.0 Å². The summed E-state index contributed by atoms with van der Waals surface area (Å²) < 4.78 is 48.4. The summed E-state index contributed by atoms with van der Waals surface area (Å²) in [7, 11) is 0. The zero-order valence-electron chi connectivity index (χ0n) is 14.0. The van der Waals surface area contributed by atoms with Crippen LogP contribution in [-0.2, 0) is 17.5 Å². The fourth-order valence-corrected chi connectivity index (χ4v) is 2.17. The van der Waals surface area contributed by atoms with Crippen LogP contribution in [0.4, 0.5) is 13.2 Å². The first-order chi connectivity index (χ1) is 13.3. The van der Waals surface area contributed by atoms with E-state index in [-0.39, 0.29) is 23.8 Å². The molecule has 144 valence electrons. The smallest absolute Gasteiger partial charge is 0.433 e. The van der Waals surface area contributed by atoms with Crippen LogP contribution in [0, 0.1) is 0 Å². The summed E-state index contributed by atoms with van der Waals surface area (Å²) in [6, 6.07) is 9.60. The van der Waals surface area contributed by atoms with Gasteiger partial charge in [0.2, 0.25) is 5.88 Å². The van der Waals surface area contributed by atoms with E-state index < -0.39 is 17.8 Å². The average molecular weight is 410 g/mol. The second kappa shape index (κ2) is 8.22. The fraction of sp³-hybridized carbons (Fsp3) is 0.111. The fourth-order valence-electron chi connectivity index (χ4n) is 2.05. The zero-order chi connectivity index (χ0) is 20.1. The summed E-state index contributed by atoms with van der Waals surface area (Å²) in [5.74, 6) is -0.652. The molecule has 0 aliphatic carbocycles. The normalized spacial score (nSPS) is 11.1. The van der Waals surface area contributed by atoms with Gasteiger partial charge in [0.05, 0.1) is 5.56 Å².